The molecule has 0 amide bonds. The van der Waals surface area contributed by atoms with Gasteiger partial charge < -0.3 is 4.74 Å². The second kappa shape index (κ2) is 4.82. The lowest BCUT2D eigenvalue weighted by atomic mass is 10.1. The highest BCUT2D eigenvalue weighted by Gasteiger charge is 2.17. The van der Waals surface area contributed by atoms with Crippen LogP contribution in [0.3, 0.4) is 0 Å². The van der Waals surface area contributed by atoms with Crippen LogP contribution in [-0.4, -0.2) is 12.4 Å². The minimum Gasteiger partial charge on any atom is -0.432 e. The van der Waals surface area contributed by atoms with E-state index < -0.39 is 18.2 Å². The molecule has 1 aromatic carbocycles. The Morgan fingerprint density at radius 3 is 2.53 bits per heavy atom. The van der Waals surface area contributed by atoms with Crippen molar-refractivity contribution in [3.05, 3.63) is 27.1 Å². The summed E-state index contributed by atoms with van der Waals surface area (Å²) >= 11 is 1.57. The number of Topliss-reactive ketones (excluding diaryl/α,β-unsaturated/α-hetero) is 1. The maximum atomic E-state index is 13.4. The van der Waals surface area contributed by atoms with E-state index in [4.69, 9.17) is 0 Å². The maximum absolute atomic E-state index is 13.4. The van der Waals surface area contributed by atoms with Crippen molar-refractivity contribution < 1.29 is 22.7 Å². The third-order valence-electron chi connectivity index (χ3n) is 1.64. The fourth-order valence-corrected chi connectivity index (χ4v) is 1.82. The average molecular weight is 330 g/mol. The van der Waals surface area contributed by atoms with Crippen LogP contribution in [0.2, 0.25) is 0 Å². The van der Waals surface area contributed by atoms with Gasteiger partial charge in [-0.3, -0.25) is 4.79 Å². The summed E-state index contributed by atoms with van der Waals surface area (Å²) in [5.74, 6) is -1.83. The van der Waals surface area contributed by atoms with Gasteiger partial charge in [0.25, 0.3) is 0 Å². The van der Waals surface area contributed by atoms with Gasteiger partial charge in [-0.25, -0.2) is 4.39 Å². The highest BCUT2D eigenvalue weighted by atomic mass is 127. The Hall–Kier alpha value is -0.790. The Bertz CT molecular complexity index is 393. The zero-order valence-electron chi connectivity index (χ0n) is 7.56. The van der Waals surface area contributed by atoms with Crippen LogP contribution in [0.5, 0.6) is 5.75 Å². The van der Waals surface area contributed by atoms with Crippen LogP contribution in [0.15, 0.2) is 12.1 Å². The molecular formula is C9H6F3IO2. The maximum Gasteiger partial charge on any atom is 0.387 e. The SMILES string of the molecule is CC(=O)c1ccc(OC(F)F)c(F)c1I. The number of ketones is 1. The first-order valence-corrected chi connectivity index (χ1v) is 4.95. The number of hydrogen-bond acceptors (Lipinski definition) is 2. The van der Waals surface area contributed by atoms with Crippen molar-refractivity contribution in [2.24, 2.45) is 0 Å². The molecule has 82 valence electrons. The van der Waals surface area contributed by atoms with E-state index in [1.165, 1.54) is 13.0 Å². The number of hydrogen-bond donors (Lipinski definition) is 0. The minimum absolute atomic E-state index is 0.0155. The number of rotatable bonds is 3. The minimum atomic E-state index is -3.08. The largest absolute Gasteiger partial charge is 0.432 e. The molecule has 15 heavy (non-hydrogen) atoms. The van der Waals surface area contributed by atoms with E-state index in [1.807, 2.05) is 0 Å². The summed E-state index contributed by atoms with van der Waals surface area (Å²) in [5.41, 5.74) is 0.148. The topological polar surface area (TPSA) is 26.3 Å². The van der Waals surface area contributed by atoms with Gasteiger partial charge in [-0.1, -0.05) is 0 Å². The van der Waals surface area contributed by atoms with Crippen LogP contribution in [0, 0.1) is 9.39 Å². The average Bonchev–Trinajstić information content (AvgIpc) is 2.12. The molecule has 0 aliphatic rings. The highest BCUT2D eigenvalue weighted by molar-refractivity contribution is 14.1. The molecule has 1 rings (SSSR count). The summed E-state index contributed by atoms with van der Waals surface area (Å²) in [6.07, 6.45) is 0. The lowest BCUT2D eigenvalue weighted by molar-refractivity contribution is -0.0522. The van der Waals surface area contributed by atoms with E-state index in [1.54, 1.807) is 22.6 Å². The molecule has 0 aliphatic carbocycles. The van der Waals surface area contributed by atoms with E-state index in [-0.39, 0.29) is 14.9 Å². The zero-order chi connectivity index (χ0) is 11.6. The predicted molar refractivity (Wildman–Crippen MR) is 55.8 cm³/mol. The third-order valence-corrected chi connectivity index (χ3v) is 2.70. The molecule has 0 aromatic heterocycles. The second-order valence-electron chi connectivity index (χ2n) is 2.67. The van der Waals surface area contributed by atoms with Gasteiger partial charge in [0.05, 0.1) is 3.57 Å². The van der Waals surface area contributed by atoms with Gasteiger partial charge in [-0.05, 0) is 41.6 Å². The van der Waals surface area contributed by atoms with Crippen LogP contribution < -0.4 is 4.74 Å². The molecule has 0 bridgehead atoms. The summed E-state index contributed by atoms with van der Waals surface area (Å²) in [7, 11) is 0. The lowest BCUT2D eigenvalue weighted by Crippen LogP contribution is -2.06. The van der Waals surface area contributed by atoms with Crippen molar-refractivity contribution in [3.63, 3.8) is 0 Å². The predicted octanol–water partition coefficient (Wildman–Crippen LogP) is 3.23. The van der Waals surface area contributed by atoms with Gasteiger partial charge in [0.2, 0.25) is 0 Å². The first kappa shape index (κ1) is 12.3. The molecule has 0 heterocycles. The molecule has 0 saturated heterocycles. The fraction of sp³-hybridized carbons (Fsp3) is 0.222. The molecule has 1 aromatic rings. The second-order valence-corrected chi connectivity index (χ2v) is 3.75. The van der Waals surface area contributed by atoms with Gasteiger partial charge in [-0.2, -0.15) is 8.78 Å². The van der Waals surface area contributed by atoms with Crippen LogP contribution in [-0.2, 0) is 0 Å². The van der Waals surface area contributed by atoms with Crippen molar-refractivity contribution in [3.8, 4) is 5.75 Å². The molecule has 0 N–H and O–H groups in total. The quantitative estimate of drug-likeness (QED) is 0.628. The number of carbonyl (C=O) groups excluding carboxylic acids is 1. The van der Waals surface area contributed by atoms with E-state index in [2.05, 4.69) is 4.74 Å². The first-order chi connectivity index (χ1) is 6.93. The van der Waals surface area contributed by atoms with E-state index in [0.717, 1.165) is 6.07 Å². The summed E-state index contributed by atoms with van der Waals surface area (Å²) in [5, 5.41) is 0. The monoisotopic (exact) mass is 330 g/mol. The van der Waals surface area contributed by atoms with Crippen molar-refractivity contribution in [1.29, 1.82) is 0 Å². The normalized spacial score (nSPS) is 10.5. The van der Waals surface area contributed by atoms with Crippen molar-refractivity contribution >= 4 is 28.4 Å². The van der Waals surface area contributed by atoms with Crippen LogP contribution in [0.4, 0.5) is 13.2 Å². The van der Waals surface area contributed by atoms with E-state index in [9.17, 15) is 18.0 Å². The summed E-state index contributed by atoms with van der Waals surface area (Å²) in [6.45, 7) is -1.82. The molecule has 6 heteroatoms. The molecular weight excluding hydrogens is 324 g/mol. The first-order valence-electron chi connectivity index (χ1n) is 3.87. The van der Waals surface area contributed by atoms with Crippen LogP contribution in [0.1, 0.15) is 17.3 Å². The Balaban J connectivity index is 3.15. The van der Waals surface area contributed by atoms with Crippen molar-refractivity contribution in [2.75, 3.05) is 0 Å². The van der Waals surface area contributed by atoms with Crippen molar-refractivity contribution in [1.82, 2.24) is 0 Å². The summed E-state index contributed by atoms with van der Waals surface area (Å²) in [6, 6.07) is 2.27. The molecule has 0 radical (unpaired) electrons. The Morgan fingerprint density at radius 2 is 2.07 bits per heavy atom. The molecule has 0 fully saturated rings. The van der Waals surface area contributed by atoms with Gasteiger partial charge in [0.15, 0.2) is 17.3 Å². The lowest BCUT2D eigenvalue weighted by Gasteiger charge is -2.08. The third kappa shape index (κ3) is 2.83. The number of alkyl halides is 2. The van der Waals surface area contributed by atoms with E-state index in [0.29, 0.717) is 0 Å². The van der Waals surface area contributed by atoms with Crippen molar-refractivity contribution in [2.45, 2.75) is 13.5 Å². The molecule has 0 atom stereocenters. The van der Waals surface area contributed by atoms with Gasteiger partial charge in [0, 0.05) is 5.56 Å². The summed E-state index contributed by atoms with van der Waals surface area (Å²) in [4.78, 5) is 11.0. The van der Waals surface area contributed by atoms with E-state index >= 15 is 0 Å². The molecule has 0 saturated carbocycles. The Kier molecular flexibility index (Phi) is 3.95. The van der Waals surface area contributed by atoms with Crippen LogP contribution >= 0.6 is 22.6 Å². The van der Waals surface area contributed by atoms with Gasteiger partial charge in [0.1, 0.15) is 0 Å². The van der Waals surface area contributed by atoms with Crippen LogP contribution in [0.25, 0.3) is 0 Å². The zero-order valence-corrected chi connectivity index (χ0v) is 9.72. The number of halogens is 4. The van der Waals surface area contributed by atoms with Gasteiger partial charge in [-0.15, -0.1) is 0 Å². The Morgan fingerprint density at radius 1 is 1.47 bits per heavy atom. The number of ether oxygens (including phenoxy) is 1. The summed E-state index contributed by atoms with van der Waals surface area (Å²) < 4.78 is 41.0. The smallest absolute Gasteiger partial charge is 0.387 e. The van der Waals surface area contributed by atoms with Gasteiger partial charge >= 0.3 is 6.61 Å². The Labute approximate surface area is 97.6 Å². The number of carbonyl (C=O) groups is 1. The molecule has 0 spiro atoms. The molecule has 2 nitrogen and oxygen atoms in total. The molecule has 0 aliphatic heterocycles. The number of benzene rings is 1. The molecule has 0 unspecified atom stereocenters. The highest BCUT2D eigenvalue weighted by Crippen LogP contribution is 2.26. The fourth-order valence-electron chi connectivity index (χ4n) is 0.991. The standard InChI is InChI=1S/C9H6F3IO2/c1-4(14)5-2-3-6(15-9(11)12)7(10)8(5)13/h2-3,9H,1H3.